The molecule has 0 radical (unpaired) electrons. The van der Waals surface area contributed by atoms with Crippen LogP contribution in [0.2, 0.25) is 0 Å². The number of nitrogens with zero attached hydrogens (tertiary/aromatic N) is 6. The molecular formula is C25H27N7O. The number of fused-ring (bicyclic) bond motifs is 1. The molecule has 4 aromatic rings. The van der Waals surface area contributed by atoms with Gasteiger partial charge < -0.3 is 10.6 Å². The van der Waals surface area contributed by atoms with E-state index in [0.29, 0.717) is 11.9 Å². The van der Waals surface area contributed by atoms with E-state index in [4.69, 9.17) is 5.73 Å². The Labute approximate surface area is 192 Å². The van der Waals surface area contributed by atoms with Crippen LogP contribution in [0.4, 0.5) is 11.5 Å². The van der Waals surface area contributed by atoms with E-state index in [1.807, 2.05) is 39.9 Å². The first-order chi connectivity index (χ1) is 16.0. The van der Waals surface area contributed by atoms with E-state index >= 15 is 0 Å². The molecule has 2 saturated carbocycles. The fourth-order valence-electron chi connectivity index (χ4n) is 4.63. The van der Waals surface area contributed by atoms with Crippen molar-refractivity contribution >= 4 is 22.9 Å². The number of rotatable bonds is 6. The highest BCUT2D eigenvalue weighted by Crippen LogP contribution is 2.41. The van der Waals surface area contributed by atoms with Crippen molar-refractivity contribution in [2.45, 2.75) is 51.6 Å². The molecule has 1 amide bonds. The molecule has 0 unspecified atom stereocenters. The van der Waals surface area contributed by atoms with Gasteiger partial charge in [0.15, 0.2) is 5.82 Å². The molecule has 2 fully saturated rings. The normalized spacial score (nSPS) is 16.0. The summed E-state index contributed by atoms with van der Waals surface area (Å²) in [6.07, 6.45) is 7.57. The second kappa shape index (κ2) is 7.43. The highest BCUT2D eigenvalue weighted by molar-refractivity contribution is 5.98. The first-order valence-electron chi connectivity index (χ1n) is 11.6. The van der Waals surface area contributed by atoms with Gasteiger partial charge in [-0.2, -0.15) is 10.2 Å². The smallest absolute Gasteiger partial charge is 0.230 e. The van der Waals surface area contributed by atoms with Gasteiger partial charge in [0.2, 0.25) is 5.91 Å². The standard InChI is InChI=1S/C25H27N7O/c1-15(2)30(25(33)16-6-7-16)19-5-3-4-17(12-19)22-13-20(23-24(26)27-14-29-32(22)23)21-10-11-28-31(21)18-8-9-18/h3-5,10-16,18H,6-9H2,1-2H3,(H2,26,27,29). The summed E-state index contributed by atoms with van der Waals surface area (Å²) in [7, 11) is 0. The van der Waals surface area contributed by atoms with Crippen LogP contribution in [-0.4, -0.2) is 36.3 Å². The zero-order valence-electron chi connectivity index (χ0n) is 18.8. The molecule has 33 heavy (non-hydrogen) atoms. The Bertz CT molecular complexity index is 1360. The Morgan fingerprint density at radius 3 is 2.64 bits per heavy atom. The average molecular weight is 442 g/mol. The maximum absolute atomic E-state index is 13.0. The van der Waals surface area contributed by atoms with Crippen LogP contribution in [0.3, 0.4) is 0 Å². The van der Waals surface area contributed by atoms with E-state index in [9.17, 15) is 4.79 Å². The number of amides is 1. The second-order valence-electron chi connectivity index (χ2n) is 9.37. The Morgan fingerprint density at radius 2 is 1.91 bits per heavy atom. The molecule has 0 bridgehead atoms. The number of nitrogens with two attached hydrogens (primary N) is 1. The lowest BCUT2D eigenvalue weighted by Crippen LogP contribution is -2.38. The molecule has 8 heteroatoms. The van der Waals surface area contributed by atoms with Crippen LogP contribution in [0.15, 0.2) is 48.9 Å². The molecule has 0 aliphatic heterocycles. The van der Waals surface area contributed by atoms with Gasteiger partial charge in [-0.1, -0.05) is 12.1 Å². The minimum Gasteiger partial charge on any atom is -0.382 e. The van der Waals surface area contributed by atoms with Gasteiger partial charge in [-0.25, -0.2) is 9.50 Å². The van der Waals surface area contributed by atoms with Crippen LogP contribution >= 0.6 is 0 Å². The van der Waals surface area contributed by atoms with Gasteiger partial charge in [-0.15, -0.1) is 0 Å². The van der Waals surface area contributed by atoms with Crippen molar-refractivity contribution in [3.8, 4) is 22.5 Å². The first kappa shape index (κ1) is 20.0. The third-order valence-corrected chi connectivity index (χ3v) is 6.52. The lowest BCUT2D eigenvalue weighted by molar-refractivity contribution is -0.120. The van der Waals surface area contributed by atoms with E-state index < -0.39 is 0 Å². The molecule has 1 aromatic carbocycles. The number of hydrogen-bond donors (Lipinski definition) is 1. The molecule has 2 aliphatic rings. The van der Waals surface area contributed by atoms with Crippen molar-refractivity contribution in [3.05, 3.63) is 48.9 Å². The van der Waals surface area contributed by atoms with Gasteiger partial charge in [0.1, 0.15) is 11.8 Å². The van der Waals surface area contributed by atoms with Crippen molar-refractivity contribution < 1.29 is 4.79 Å². The van der Waals surface area contributed by atoms with Crippen LogP contribution in [-0.2, 0) is 4.79 Å². The highest BCUT2D eigenvalue weighted by Gasteiger charge is 2.35. The lowest BCUT2D eigenvalue weighted by Gasteiger charge is -2.27. The van der Waals surface area contributed by atoms with Crippen LogP contribution in [0.25, 0.3) is 28.0 Å². The summed E-state index contributed by atoms with van der Waals surface area (Å²) >= 11 is 0. The summed E-state index contributed by atoms with van der Waals surface area (Å²) in [5.74, 6) is 0.800. The summed E-state index contributed by atoms with van der Waals surface area (Å²) in [5, 5.41) is 9.09. The van der Waals surface area contributed by atoms with Crippen molar-refractivity contribution in [2.75, 3.05) is 10.6 Å². The van der Waals surface area contributed by atoms with Crippen LogP contribution in [0.5, 0.6) is 0 Å². The van der Waals surface area contributed by atoms with Gasteiger partial charge >= 0.3 is 0 Å². The Balaban J connectivity index is 1.50. The molecule has 0 saturated heterocycles. The van der Waals surface area contributed by atoms with Gasteiger partial charge in [0.25, 0.3) is 0 Å². The minimum atomic E-state index is 0.0823. The Morgan fingerprint density at radius 1 is 1.09 bits per heavy atom. The molecule has 6 rings (SSSR count). The Kier molecular flexibility index (Phi) is 4.50. The number of benzene rings is 1. The molecular weight excluding hydrogens is 414 g/mol. The zero-order valence-corrected chi connectivity index (χ0v) is 18.8. The van der Waals surface area contributed by atoms with Crippen LogP contribution < -0.4 is 10.6 Å². The molecule has 0 atom stereocenters. The van der Waals surface area contributed by atoms with E-state index in [0.717, 1.165) is 59.4 Å². The van der Waals surface area contributed by atoms with Gasteiger partial charge in [0.05, 0.1) is 17.4 Å². The predicted molar refractivity (Wildman–Crippen MR) is 128 cm³/mol. The molecule has 3 aromatic heterocycles. The van der Waals surface area contributed by atoms with Crippen molar-refractivity contribution in [2.24, 2.45) is 5.92 Å². The van der Waals surface area contributed by atoms with Crippen molar-refractivity contribution in [1.29, 1.82) is 0 Å². The van der Waals surface area contributed by atoms with Crippen LogP contribution in [0.1, 0.15) is 45.6 Å². The second-order valence-corrected chi connectivity index (χ2v) is 9.37. The largest absolute Gasteiger partial charge is 0.382 e. The summed E-state index contributed by atoms with van der Waals surface area (Å²) in [4.78, 5) is 19.2. The summed E-state index contributed by atoms with van der Waals surface area (Å²) in [6.45, 7) is 4.12. The molecule has 8 nitrogen and oxygen atoms in total. The van der Waals surface area contributed by atoms with E-state index in [2.05, 4.69) is 45.8 Å². The number of hydrogen-bond acceptors (Lipinski definition) is 5. The maximum atomic E-state index is 13.0. The number of aromatic nitrogens is 5. The predicted octanol–water partition coefficient (Wildman–Crippen LogP) is 4.33. The zero-order chi connectivity index (χ0) is 22.7. The average Bonchev–Trinajstić information content (AvgIpc) is 3.73. The monoisotopic (exact) mass is 441 g/mol. The number of carbonyl (C=O) groups excluding carboxylic acids is 1. The van der Waals surface area contributed by atoms with E-state index in [-0.39, 0.29) is 17.9 Å². The Hall–Kier alpha value is -3.68. The number of anilines is 2. The third kappa shape index (κ3) is 3.37. The third-order valence-electron chi connectivity index (χ3n) is 6.52. The number of nitrogen functional groups attached to an aromatic ring is 1. The molecule has 2 N–H and O–H groups in total. The summed E-state index contributed by atoms with van der Waals surface area (Å²) in [6, 6.07) is 12.8. The maximum Gasteiger partial charge on any atom is 0.230 e. The quantitative estimate of drug-likeness (QED) is 0.481. The number of carbonyl (C=O) groups is 1. The fourth-order valence-corrected chi connectivity index (χ4v) is 4.63. The molecule has 168 valence electrons. The van der Waals surface area contributed by atoms with Crippen LogP contribution in [0, 0.1) is 5.92 Å². The lowest BCUT2D eigenvalue weighted by atomic mass is 10.1. The summed E-state index contributed by atoms with van der Waals surface area (Å²) in [5.41, 5.74) is 11.9. The van der Waals surface area contributed by atoms with Crippen molar-refractivity contribution in [1.82, 2.24) is 24.4 Å². The van der Waals surface area contributed by atoms with E-state index in [1.165, 1.54) is 6.33 Å². The highest BCUT2D eigenvalue weighted by atomic mass is 16.2. The SMILES string of the molecule is CC(C)N(C(=O)C1CC1)c1cccc(-c2cc(-c3ccnn3C3CC3)c3c(N)ncnn23)c1. The fraction of sp³-hybridized carbons (Fsp3) is 0.360. The van der Waals surface area contributed by atoms with Crippen molar-refractivity contribution in [3.63, 3.8) is 0 Å². The molecule has 0 spiro atoms. The van der Waals surface area contributed by atoms with Gasteiger partial charge in [-0.05, 0) is 63.8 Å². The molecule has 3 heterocycles. The van der Waals surface area contributed by atoms with E-state index in [1.54, 1.807) is 0 Å². The van der Waals surface area contributed by atoms with Gasteiger partial charge in [-0.3, -0.25) is 9.48 Å². The molecule has 2 aliphatic carbocycles. The minimum absolute atomic E-state index is 0.0823. The summed E-state index contributed by atoms with van der Waals surface area (Å²) < 4.78 is 3.93. The van der Waals surface area contributed by atoms with Gasteiger partial charge in [0, 0.05) is 35.0 Å². The first-order valence-corrected chi connectivity index (χ1v) is 11.6. The topological polar surface area (TPSA) is 94.3 Å².